The van der Waals surface area contributed by atoms with Crippen molar-refractivity contribution < 1.29 is 14.9 Å². The molecule has 1 radical (unpaired) electrons. The highest BCUT2D eigenvalue weighted by Gasteiger charge is 2.06. The number of rotatable bonds is 7. The van der Waals surface area contributed by atoms with E-state index in [1.165, 1.54) is 0 Å². The molecular formula is C7H16NO3. The zero-order chi connectivity index (χ0) is 8.53. The van der Waals surface area contributed by atoms with Gasteiger partial charge in [0.25, 0.3) is 0 Å². The van der Waals surface area contributed by atoms with Crippen molar-refractivity contribution in [3.05, 3.63) is 0 Å². The number of nitrogens with one attached hydrogen (secondary N) is 1. The summed E-state index contributed by atoms with van der Waals surface area (Å²) in [6.45, 7) is 0.867. The number of likely N-dealkylation sites (N-methyl/N-ethyl adjacent to an activating group) is 1. The molecular weight excluding hydrogens is 146 g/mol. The number of ether oxygens (including phenoxy) is 1. The summed E-state index contributed by atoms with van der Waals surface area (Å²) in [6.07, 6.45) is 0.450. The standard InChI is InChI=1S/C7H16NO3/c1-8-6-7(2-3-9)11-5-4-10/h7-8,10H,2-6H2,1H3. The van der Waals surface area contributed by atoms with Crippen LogP contribution in [0.4, 0.5) is 0 Å². The van der Waals surface area contributed by atoms with Crippen LogP contribution < -0.4 is 5.32 Å². The fraction of sp³-hybridized carbons (Fsp3) is 1.00. The maximum Gasteiger partial charge on any atom is 0.0847 e. The van der Waals surface area contributed by atoms with Gasteiger partial charge < -0.3 is 15.2 Å². The molecule has 1 unspecified atom stereocenters. The molecule has 0 aromatic rings. The SMILES string of the molecule is CNCC(CC[O])OCCO. The Kier molecular flexibility index (Phi) is 7.83. The second-order valence-electron chi connectivity index (χ2n) is 2.27. The number of aliphatic hydroxyl groups is 1. The van der Waals surface area contributed by atoms with Crippen LogP contribution in [0.5, 0.6) is 0 Å². The quantitative estimate of drug-likeness (QED) is 0.525. The molecule has 4 heteroatoms. The molecule has 0 amide bonds. The third kappa shape index (κ3) is 6.25. The van der Waals surface area contributed by atoms with Gasteiger partial charge in [-0.25, -0.2) is 5.11 Å². The van der Waals surface area contributed by atoms with E-state index in [1.807, 2.05) is 0 Å². The van der Waals surface area contributed by atoms with Crippen molar-refractivity contribution in [3.8, 4) is 0 Å². The van der Waals surface area contributed by atoms with Gasteiger partial charge in [-0.1, -0.05) is 0 Å². The summed E-state index contributed by atoms with van der Waals surface area (Å²) in [7, 11) is 1.81. The molecule has 1 atom stereocenters. The molecule has 67 valence electrons. The van der Waals surface area contributed by atoms with Crippen molar-refractivity contribution in [1.82, 2.24) is 5.32 Å². The molecule has 4 nitrogen and oxygen atoms in total. The van der Waals surface area contributed by atoms with Crippen LogP contribution in [-0.4, -0.2) is 44.6 Å². The Balaban J connectivity index is 3.34. The molecule has 0 saturated heterocycles. The molecule has 0 rings (SSSR count). The lowest BCUT2D eigenvalue weighted by molar-refractivity contribution is 0.0101. The van der Waals surface area contributed by atoms with E-state index < -0.39 is 0 Å². The van der Waals surface area contributed by atoms with E-state index in [2.05, 4.69) is 5.32 Å². The topological polar surface area (TPSA) is 61.4 Å². The van der Waals surface area contributed by atoms with Gasteiger partial charge in [-0.2, -0.15) is 0 Å². The predicted octanol–water partition coefficient (Wildman–Crippen LogP) is -0.596. The molecule has 2 N–H and O–H groups in total. The highest BCUT2D eigenvalue weighted by Crippen LogP contribution is 1.95. The van der Waals surface area contributed by atoms with Crippen LogP contribution in [0.2, 0.25) is 0 Å². The van der Waals surface area contributed by atoms with Gasteiger partial charge in [0.05, 0.1) is 25.9 Å². The number of hydrogen-bond donors (Lipinski definition) is 2. The average molecular weight is 162 g/mol. The summed E-state index contributed by atoms with van der Waals surface area (Å²) < 4.78 is 5.16. The molecule has 0 aromatic carbocycles. The van der Waals surface area contributed by atoms with Gasteiger partial charge in [-0.05, 0) is 7.05 Å². The molecule has 0 aliphatic rings. The number of aliphatic hydroxyl groups excluding tert-OH is 1. The second kappa shape index (κ2) is 7.94. The largest absolute Gasteiger partial charge is 0.394 e. The molecule has 0 aromatic heterocycles. The van der Waals surface area contributed by atoms with Crippen LogP contribution in [0.25, 0.3) is 0 Å². The van der Waals surface area contributed by atoms with Gasteiger partial charge in [-0.3, -0.25) is 0 Å². The molecule has 0 saturated carbocycles. The Bertz CT molecular complexity index is 74.1. The zero-order valence-electron chi connectivity index (χ0n) is 6.88. The van der Waals surface area contributed by atoms with Gasteiger partial charge >= 0.3 is 0 Å². The Morgan fingerprint density at radius 1 is 1.64 bits per heavy atom. The molecule has 0 heterocycles. The Morgan fingerprint density at radius 2 is 2.36 bits per heavy atom. The van der Waals surface area contributed by atoms with Crippen molar-refractivity contribution in [2.24, 2.45) is 0 Å². The molecule has 11 heavy (non-hydrogen) atoms. The third-order valence-corrected chi connectivity index (χ3v) is 1.32. The lowest BCUT2D eigenvalue weighted by atomic mass is 10.2. The first-order valence-corrected chi connectivity index (χ1v) is 3.80. The lowest BCUT2D eigenvalue weighted by Crippen LogP contribution is -2.28. The fourth-order valence-corrected chi connectivity index (χ4v) is 0.823. The summed E-state index contributed by atoms with van der Waals surface area (Å²) in [4.78, 5) is 0. The van der Waals surface area contributed by atoms with Crippen molar-refractivity contribution in [1.29, 1.82) is 0 Å². The van der Waals surface area contributed by atoms with E-state index in [9.17, 15) is 5.11 Å². The van der Waals surface area contributed by atoms with Crippen LogP contribution >= 0.6 is 0 Å². The van der Waals surface area contributed by atoms with E-state index in [0.29, 0.717) is 19.6 Å². The van der Waals surface area contributed by atoms with E-state index in [4.69, 9.17) is 9.84 Å². The average Bonchev–Trinajstić information content (AvgIpc) is 2.01. The van der Waals surface area contributed by atoms with Crippen molar-refractivity contribution in [2.75, 3.05) is 33.4 Å². The Labute approximate surface area is 67.2 Å². The summed E-state index contributed by atoms with van der Waals surface area (Å²) in [5.74, 6) is 0. The van der Waals surface area contributed by atoms with Crippen molar-refractivity contribution >= 4 is 0 Å². The highest BCUT2D eigenvalue weighted by atomic mass is 16.5. The molecule has 0 aliphatic carbocycles. The maximum atomic E-state index is 10.2. The number of hydrogen-bond acceptors (Lipinski definition) is 3. The van der Waals surface area contributed by atoms with Crippen molar-refractivity contribution in [2.45, 2.75) is 12.5 Å². The Hall–Kier alpha value is -0.160. The van der Waals surface area contributed by atoms with Crippen LogP contribution in [0.1, 0.15) is 6.42 Å². The van der Waals surface area contributed by atoms with Gasteiger partial charge in [-0.15, -0.1) is 0 Å². The van der Waals surface area contributed by atoms with Gasteiger partial charge in [0.1, 0.15) is 0 Å². The Morgan fingerprint density at radius 3 is 2.82 bits per heavy atom. The van der Waals surface area contributed by atoms with E-state index in [-0.39, 0.29) is 19.3 Å². The predicted molar refractivity (Wildman–Crippen MR) is 40.9 cm³/mol. The van der Waals surface area contributed by atoms with Crippen LogP contribution in [0, 0.1) is 0 Å². The smallest absolute Gasteiger partial charge is 0.0847 e. The van der Waals surface area contributed by atoms with Gasteiger partial charge in [0, 0.05) is 13.0 Å². The third-order valence-electron chi connectivity index (χ3n) is 1.32. The van der Waals surface area contributed by atoms with Gasteiger partial charge in [0.15, 0.2) is 0 Å². The highest BCUT2D eigenvalue weighted by molar-refractivity contribution is 4.58. The minimum absolute atomic E-state index is 0.0130. The first-order valence-electron chi connectivity index (χ1n) is 3.80. The van der Waals surface area contributed by atoms with Crippen LogP contribution in [0.15, 0.2) is 0 Å². The maximum absolute atomic E-state index is 10.2. The van der Waals surface area contributed by atoms with E-state index >= 15 is 0 Å². The first kappa shape index (κ1) is 10.8. The monoisotopic (exact) mass is 162 g/mol. The normalized spacial score (nSPS) is 13.4. The minimum Gasteiger partial charge on any atom is -0.394 e. The molecule has 0 bridgehead atoms. The molecule has 0 spiro atoms. The van der Waals surface area contributed by atoms with E-state index in [0.717, 1.165) is 0 Å². The zero-order valence-corrected chi connectivity index (χ0v) is 6.88. The summed E-state index contributed by atoms with van der Waals surface area (Å²) in [5.41, 5.74) is 0. The summed E-state index contributed by atoms with van der Waals surface area (Å²) in [5, 5.41) is 21.6. The molecule has 0 aliphatic heterocycles. The fourth-order valence-electron chi connectivity index (χ4n) is 0.823. The van der Waals surface area contributed by atoms with Crippen LogP contribution in [0.3, 0.4) is 0 Å². The molecule has 0 fully saturated rings. The van der Waals surface area contributed by atoms with Gasteiger partial charge in [0.2, 0.25) is 0 Å². The minimum atomic E-state index is -0.127. The first-order chi connectivity index (χ1) is 5.35. The second-order valence-corrected chi connectivity index (χ2v) is 2.27. The summed E-state index contributed by atoms with van der Waals surface area (Å²) >= 11 is 0. The van der Waals surface area contributed by atoms with Crippen molar-refractivity contribution in [3.63, 3.8) is 0 Å². The van der Waals surface area contributed by atoms with E-state index in [1.54, 1.807) is 7.05 Å². The summed E-state index contributed by atoms with van der Waals surface area (Å²) in [6, 6.07) is 0. The lowest BCUT2D eigenvalue weighted by Gasteiger charge is -2.14. The van der Waals surface area contributed by atoms with Crippen LogP contribution in [-0.2, 0) is 9.84 Å².